The van der Waals surface area contributed by atoms with Gasteiger partial charge in [-0.15, -0.1) is 0 Å². The van der Waals surface area contributed by atoms with Gasteiger partial charge in [0, 0.05) is 38.6 Å². The minimum atomic E-state index is 0.316. The smallest absolute Gasteiger partial charge is 0.225 e. The van der Waals surface area contributed by atoms with Gasteiger partial charge in [-0.2, -0.15) is 5.10 Å². The van der Waals surface area contributed by atoms with E-state index in [1.54, 1.807) is 12.4 Å². The molecule has 1 aliphatic heterocycles. The summed E-state index contributed by atoms with van der Waals surface area (Å²) in [5.74, 6) is 0.783. The molecular formula is C13H18N6. The van der Waals surface area contributed by atoms with Gasteiger partial charge in [-0.3, -0.25) is 4.68 Å². The molecule has 0 amide bonds. The quantitative estimate of drug-likeness (QED) is 0.862. The zero-order chi connectivity index (χ0) is 13.2. The Balaban J connectivity index is 1.86. The van der Waals surface area contributed by atoms with E-state index in [4.69, 9.17) is 5.73 Å². The number of nitrogens with zero attached hydrogens (tertiary/aromatic N) is 5. The van der Waals surface area contributed by atoms with Crippen molar-refractivity contribution in [2.24, 2.45) is 12.8 Å². The Morgan fingerprint density at radius 2 is 2.00 bits per heavy atom. The molecule has 1 aliphatic rings. The predicted molar refractivity (Wildman–Crippen MR) is 73.7 cm³/mol. The number of hydrogen-bond acceptors (Lipinski definition) is 5. The molecule has 0 radical (unpaired) electrons. The fourth-order valence-corrected chi connectivity index (χ4v) is 2.37. The van der Waals surface area contributed by atoms with Crippen LogP contribution in [-0.2, 0) is 7.05 Å². The van der Waals surface area contributed by atoms with Gasteiger partial charge in [0.2, 0.25) is 5.95 Å². The van der Waals surface area contributed by atoms with Crippen LogP contribution in [0.15, 0.2) is 24.5 Å². The molecule has 2 N–H and O–H groups in total. The highest BCUT2D eigenvalue weighted by Gasteiger charge is 2.18. The first-order chi connectivity index (χ1) is 9.24. The molecule has 3 heterocycles. The molecular weight excluding hydrogens is 240 g/mol. The van der Waals surface area contributed by atoms with E-state index in [0.717, 1.165) is 43.3 Å². The summed E-state index contributed by atoms with van der Waals surface area (Å²) in [6, 6.07) is 4.19. The average molecular weight is 258 g/mol. The van der Waals surface area contributed by atoms with Gasteiger partial charge in [0.1, 0.15) is 0 Å². The van der Waals surface area contributed by atoms with Gasteiger partial charge in [0.15, 0.2) is 0 Å². The van der Waals surface area contributed by atoms with Crippen LogP contribution in [-0.4, -0.2) is 38.9 Å². The van der Waals surface area contributed by atoms with Crippen molar-refractivity contribution in [1.29, 1.82) is 0 Å². The molecule has 2 aromatic rings. The minimum Gasteiger partial charge on any atom is -0.341 e. The molecule has 2 aromatic heterocycles. The maximum atomic E-state index is 5.92. The van der Waals surface area contributed by atoms with E-state index in [-0.39, 0.29) is 0 Å². The van der Waals surface area contributed by atoms with Crippen LogP contribution in [0.2, 0.25) is 0 Å². The number of aryl methyl sites for hydroxylation is 1. The Bertz CT molecular complexity index is 556. The van der Waals surface area contributed by atoms with E-state index in [1.165, 1.54) is 0 Å². The molecule has 100 valence electrons. The van der Waals surface area contributed by atoms with Crippen LogP contribution in [0.4, 0.5) is 5.95 Å². The lowest BCUT2D eigenvalue weighted by Gasteiger charge is -2.30. The number of anilines is 1. The van der Waals surface area contributed by atoms with Crippen LogP contribution in [0.1, 0.15) is 12.8 Å². The predicted octanol–water partition coefficient (Wildman–Crippen LogP) is 0.805. The Labute approximate surface area is 112 Å². The Morgan fingerprint density at radius 3 is 2.68 bits per heavy atom. The number of piperidine rings is 1. The van der Waals surface area contributed by atoms with Gasteiger partial charge >= 0.3 is 0 Å². The van der Waals surface area contributed by atoms with Gasteiger partial charge in [-0.1, -0.05) is 0 Å². The summed E-state index contributed by atoms with van der Waals surface area (Å²) in [4.78, 5) is 11.2. The van der Waals surface area contributed by atoms with Crippen molar-refractivity contribution in [1.82, 2.24) is 19.7 Å². The van der Waals surface area contributed by atoms with Crippen molar-refractivity contribution >= 4 is 5.95 Å². The maximum absolute atomic E-state index is 5.92. The SMILES string of the molecule is Cn1nccc1-c1ccnc(N2CCC(N)CC2)n1. The van der Waals surface area contributed by atoms with Crippen molar-refractivity contribution in [3.8, 4) is 11.4 Å². The second kappa shape index (κ2) is 4.97. The molecule has 3 rings (SSSR count). The lowest BCUT2D eigenvalue weighted by atomic mass is 10.1. The van der Waals surface area contributed by atoms with Gasteiger partial charge in [-0.25, -0.2) is 9.97 Å². The largest absolute Gasteiger partial charge is 0.341 e. The summed E-state index contributed by atoms with van der Waals surface area (Å²) in [5, 5.41) is 4.17. The highest BCUT2D eigenvalue weighted by atomic mass is 15.3. The first kappa shape index (κ1) is 12.1. The lowest BCUT2D eigenvalue weighted by Crippen LogP contribution is -2.40. The maximum Gasteiger partial charge on any atom is 0.225 e. The molecule has 6 heteroatoms. The Morgan fingerprint density at radius 1 is 1.21 bits per heavy atom. The molecule has 0 aromatic carbocycles. The van der Waals surface area contributed by atoms with Gasteiger partial charge in [0.25, 0.3) is 0 Å². The second-order valence-corrected chi connectivity index (χ2v) is 4.91. The molecule has 1 saturated heterocycles. The monoisotopic (exact) mass is 258 g/mol. The molecule has 0 unspecified atom stereocenters. The molecule has 0 aliphatic carbocycles. The third-order valence-corrected chi connectivity index (χ3v) is 3.55. The van der Waals surface area contributed by atoms with E-state index in [1.807, 2.05) is 23.9 Å². The van der Waals surface area contributed by atoms with Crippen LogP contribution >= 0.6 is 0 Å². The first-order valence-corrected chi connectivity index (χ1v) is 6.56. The van der Waals surface area contributed by atoms with Crippen molar-refractivity contribution in [3.05, 3.63) is 24.5 Å². The highest BCUT2D eigenvalue weighted by Crippen LogP contribution is 2.20. The topological polar surface area (TPSA) is 72.9 Å². The summed E-state index contributed by atoms with van der Waals surface area (Å²) < 4.78 is 1.82. The number of rotatable bonds is 2. The summed E-state index contributed by atoms with van der Waals surface area (Å²) in [5.41, 5.74) is 7.82. The van der Waals surface area contributed by atoms with Crippen LogP contribution in [0.5, 0.6) is 0 Å². The number of aromatic nitrogens is 4. The average Bonchev–Trinajstić information content (AvgIpc) is 2.86. The third-order valence-electron chi connectivity index (χ3n) is 3.55. The molecule has 6 nitrogen and oxygen atoms in total. The highest BCUT2D eigenvalue weighted by molar-refractivity contribution is 5.55. The summed E-state index contributed by atoms with van der Waals surface area (Å²) in [6.07, 6.45) is 5.58. The number of hydrogen-bond donors (Lipinski definition) is 1. The standard InChI is InChI=1S/C13H18N6/c1-18-12(3-7-16-18)11-2-6-15-13(17-11)19-8-4-10(14)5-9-19/h2-3,6-7,10H,4-5,8-9,14H2,1H3. The molecule has 0 atom stereocenters. The van der Waals surface area contributed by atoms with E-state index >= 15 is 0 Å². The fraction of sp³-hybridized carbons (Fsp3) is 0.462. The van der Waals surface area contributed by atoms with E-state index in [2.05, 4.69) is 20.0 Å². The summed E-state index contributed by atoms with van der Waals surface area (Å²) >= 11 is 0. The van der Waals surface area contributed by atoms with Crippen LogP contribution < -0.4 is 10.6 Å². The molecule has 0 saturated carbocycles. The van der Waals surface area contributed by atoms with E-state index in [0.29, 0.717) is 6.04 Å². The lowest BCUT2D eigenvalue weighted by molar-refractivity contribution is 0.495. The van der Waals surface area contributed by atoms with Crippen LogP contribution in [0, 0.1) is 0 Å². The normalized spacial score (nSPS) is 16.8. The fourth-order valence-electron chi connectivity index (χ4n) is 2.37. The molecule has 0 spiro atoms. The van der Waals surface area contributed by atoms with Crippen molar-refractivity contribution in [2.75, 3.05) is 18.0 Å². The molecule has 0 bridgehead atoms. The van der Waals surface area contributed by atoms with E-state index < -0.39 is 0 Å². The van der Waals surface area contributed by atoms with Gasteiger partial charge in [0.05, 0.1) is 11.4 Å². The van der Waals surface area contributed by atoms with Crippen molar-refractivity contribution in [2.45, 2.75) is 18.9 Å². The van der Waals surface area contributed by atoms with Crippen molar-refractivity contribution in [3.63, 3.8) is 0 Å². The van der Waals surface area contributed by atoms with E-state index in [9.17, 15) is 0 Å². The Hall–Kier alpha value is -1.95. The minimum absolute atomic E-state index is 0.316. The van der Waals surface area contributed by atoms with Crippen LogP contribution in [0.3, 0.4) is 0 Å². The van der Waals surface area contributed by atoms with Crippen LogP contribution in [0.25, 0.3) is 11.4 Å². The zero-order valence-electron chi connectivity index (χ0n) is 11.0. The second-order valence-electron chi connectivity index (χ2n) is 4.91. The van der Waals surface area contributed by atoms with Gasteiger partial charge < -0.3 is 10.6 Å². The summed E-state index contributed by atoms with van der Waals surface area (Å²) in [7, 11) is 1.91. The molecule has 19 heavy (non-hydrogen) atoms. The first-order valence-electron chi connectivity index (χ1n) is 6.56. The Kier molecular flexibility index (Phi) is 3.16. The van der Waals surface area contributed by atoms with Crippen molar-refractivity contribution < 1.29 is 0 Å². The number of nitrogens with two attached hydrogens (primary N) is 1. The molecule has 1 fully saturated rings. The van der Waals surface area contributed by atoms with Gasteiger partial charge in [-0.05, 0) is 25.0 Å². The zero-order valence-corrected chi connectivity index (χ0v) is 11.0. The third kappa shape index (κ3) is 2.44. The summed E-state index contributed by atoms with van der Waals surface area (Å²) in [6.45, 7) is 1.85.